The van der Waals surface area contributed by atoms with Crippen LogP contribution in [0.1, 0.15) is 22.8 Å². The van der Waals surface area contributed by atoms with Crippen LogP contribution < -0.4 is 0 Å². The molecule has 0 saturated heterocycles. The molecule has 0 N–H and O–H groups in total. The van der Waals surface area contributed by atoms with E-state index in [1.165, 1.54) is 5.56 Å². The molecule has 2 aromatic rings. The van der Waals surface area contributed by atoms with Gasteiger partial charge in [-0.3, -0.25) is 4.79 Å². The minimum absolute atomic E-state index is 0.668. The van der Waals surface area contributed by atoms with Crippen LogP contribution in [0.2, 0.25) is 0 Å². The summed E-state index contributed by atoms with van der Waals surface area (Å²) >= 11 is 0. The van der Waals surface area contributed by atoms with Gasteiger partial charge in [0, 0.05) is 11.8 Å². The van der Waals surface area contributed by atoms with E-state index in [0.717, 1.165) is 18.4 Å². The van der Waals surface area contributed by atoms with Crippen molar-refractivity contribution in [1.29, 1.82) is 0 Å². The van der Waals surface area contributed by atoms with Crippen molar-refractivity contribution in [3.8, 4) is 5.69 Å². The molecule has 3 nitrogen and oxygen atoms in total. The molecule has 0 aliphatic rings. The first-order valence-corrected chi connectivity index (χ1v) is 4.92. The number of hydrogen-bond donors (Lipinski definition) is 0. The second kappa shape index (κ2) is 4.09. The predicted molar refractivity (Wildman–Crippen MR) is 58.3 cm³/mol. The van der Waals surface area contributed by atoms with Crippen molar-refractivity contribution >= 4 is 6.29 Å². The van der Waals surface area contributed by atoms with E-state index >= 15 is 0 Å². The molecule has 3 heteroatoms. The Hall–Kier alpha value is -1.90. The van der Waals surface area contributed by atoms with Gasteiger partial charge in [-0.2, -0.15) is 5.10 Å². The molecule has 0 unspecified atom stereocenters. The summed E-state index contributed by atoms with van der Waals surface area (Å²) in [6.07, 6.45) is 5.62. The minimum Gasteiger partial charge on any atom is -0.298 e. The summed E-state index contributed by atoms with van der Waals surface area (Å²) in [6, 6.07) is 7.38. The monoisotopic (exact) mass is 200 g/mol. The van der Waals surface area contributed by atoms with Crippen LogP contribution in [0, 0.1) is 0 Å². The van der Waals surface area contributed by atoms with Gasteiger partial charge in [0.1, 0.15) is 6.29 Å². The Labute approximate surface area is 88.4 Å². The molecule has 1 aromatic carbocycles. The summed E-state index contributed by atoms with van der Waals surface area (Å²) in [5.41, 5.74) is 2.77. The third kappa shape index (κ3) is 1.96. The van der Waals surface area contributed by atoms with Crippen LogP contribution >= 0.6 is 0 Å². The SMILES string of the molecule is CCc1cnn(-c2cccc(C=O)c2)c1. The Kier molecular flexibility index (Phi) is 2.63. The molecule has 0 aliphatic heterocycles. The van der Waals surface area contributed by atoms with Gasteiger partial charge < -0.3 is 0 Å². The molecule has 0 aliphatic carbocycles. The van der Waals surface area contributed by atoms with Crippen molar-refractivity contribution in [3.05, 3.63) is 47.8 Å². The molecule has 1 heterocycles. The van der Waals surface area contributed by atoms with Crippen molar-refractivity contribution in [2.75, 3.05) is 0 Å². The second-order valence-corrected chi connectivity index (χ2v) is 3.36. The van der Waals surface area contributed by atoms with Crippen molar-refractivity contribution in [1.82, 2.24) is 9.78 Å². The summed E-state index contributed by atoms with van der Waals surface area (Å²) < 4.78 is 1.78. The zero-order chi connectivity index (χ0) is 10.7. The van der Waals surface area contributed by atoms with Crippen molar-refractivity contribution in [3.63, 3.8) is 0 Å². The molecule has 76 valence electrons. The van der Waals surface area contributed by atoms with Gasteiger partial charge in [0.15, 0.2) is 0 Å². The predicted octanol–water partition coefficient (Wildman–Crippen LogP) is 2.25. The van der Waals surface area contributed by atoms with E-state index in [-0.39, 0.29) is 0 Å². The largest absolute Gasteiger partial charge is 0.298 e. The summed E-state index contributed by atoms with van der Waals surface area (Å²) in [6.45, 7) is 2.09. The fourth-order valence-corrected chi connectivity index (χ4v) is 1.42. The molecule has 1 aromatic heterocycles. The maximum Gasteiger partial charge on any atom is 0.150 e. The third-order valence-corrected chi connectivity index (χ3v) is 2.32. The highest BCUT2D eigenvalue weighted by Gasteiger charge is 2.00. The molecule has 0 radical (unpaired) electrons. The lowest BCUT2D eigenvalue weighted by Crippen LogP contribution is -1.94. The van der Waals surface area contributed by atoms with Crippen molar-refractivity contribution in [2.45, 2.75) is 13.3 Å². The highest BCUT2D eigenvalue weighted by molar-refractivity contribution is 5.75. The molecule has 0 amide bonds. The van der Waals surface area contributed by atoms with E-state index in [1.54, 1.807) is 10.7 Å². The fraction of sp³-hybridized carbons (Fsp3) is 0.167. The van der Waals surface area contributed by atoms with Gasteiger partial charge in [-0.25, -0.2) is 4.68 Å². The number of aryl methyl sites for hydroxylation is 1. The Morgan fingerprint density at radius 1 is 1.47 bits per heavy atom. The number of rotatable bonds is 3. The third-order valence-electron chi connectivity index (χ3n) is 2.32. The van der Waals surface area contributed by atoms with Gasteiger partial charge in [0.25, 0.3) is 0 Å². The first-order chi connectivity index (χ1) is 7.33. The smallest absolute Gasteiger partial charge is 0.150 e. The van der Waals surface area contributed by atoms with Crippen molar-refractivity contribution in [2.24, 2.45) is 0 Å². The number of carbonyl (C=O) groups excluding carboxylic acids is 1. The molecule has 0 spiro atoms. The summed E-state index contributed by atoms with van der Waals surface area (Å²) in [5, 5.41) is 4.23. The van der Waals surface area contributed by atoms with Crippen LogP contribution in [0.3, 0.4) is 0 Å². The zero-order valence-corrected chi connectivity index (χ0v) is 8.55. The van der Waals surface area contributed by atoms with E-state index in [2.05, 4.69) is 12.0 Å². The summed E-state index contributed by atoms with van der Waals surface area (Å²) in [4.78, 5) is 10.6. The molecule has 15 heavy (non-hydrogen) atoms. The topological polar surface area (TPSA) is 34.9 Å². The fourth-order valence-electron chi connectivity index (χ4n) is 1.42. The maximum atomic E-state index is 10.6. The van der Waals surface area contributed by atoms with Gasteiger partial charge in [0.2, 0.25) is 0 Å². The summed E-state index contributed by atoms with van der Waals surface area (Å²) in [5.74, 6) is 0. The number of carbonyl (C=O) groups is 1. The lowest BCUT2D eigenvalue weighted by molar-refractivity contribution is 0.112. The van der Waals surface area contributed by atoms with Crippen LogP contribution in [0.15, 0.2) is 36.7 Å². The normalized spacial score (nSPS) is 10.2. The van der Waals surface area contributed by atoms with Crippen LogP contribution in [-0.4, -0.2) is 16.1 Å². The van der Waals surface area contributed by atoms with Crippen LogP contribution in [0.25, 0.3) is 5.69 Å². The average molecular weight is 200 g/mol. The van der Waals surface area contributed by atoms with Gasteiger partial charge in [-0.1, -0.05) is 19.1 Å². The lowest BCUT2D eigenvalue weighted by Gasteiger charge is -2.00. The van der Waals surface area contributed by atoms with E-state index in [1.807, 2.05) is 30.6 Å². The Morgan fingerprint density at radius 2 is 2.33 bits per heavy atom. The Balaban J connectivity index is 2.39. The number of aromatic nitrogens is 2. The van der Waals surface area contributed by atoms with Gasteiger partial charge >= 0.3 is 0 Å². The molecule has 0 saturated carbocycles. The van der Waals surface area contributed by atoms with Gasteiger partial charge in [-0.15, -0.1) is 0 Å². The average Bonchev–Trinajstić information content (AvgIpc) is 2.78. The van der Waals surface area contributed by atoms with E-state index in [9.17, 15) is 4.79 Å². The first kappa shape index (κ1) is 9.65. The van der Waals surface area contributed by atoms with E-state index < -0.39 is 0 Å². The Bertz CT molecular complexity index is 474. The van der Waals surface area contributed by atoms with Crippen LogP contribution in [0.5, 0.6) is 0 Å². The van der Waals surface area contributed by atoms with E-state index in [4.69, 9.17) is 0 Å². The lowest BCUT2D eigenvalue weighted by atomic mass is 10.2. The Morgan fingerprint density at radius 3 is 3.00 bits per heavy atom. The quantitative estimate of drug-likeness (QED) is 0.712. The van der Waals surface area contributed by atoms with Gasteiger partial charge in [-0.05, 0) is 24.1 Å². The standard InChI is InChI=1S/C12H12N2O/c1-2-10-7-13-14(8-10)12-5-3-4-11(6-12)9-15/h3-9H,2H2,1H3. The second-order valence-electron chi connectivity index (χ2n) is 3.36. The van der Waals surface area contributed by atoms with Crippen LogP contribution in [-0.2, 0) is 6.42 Å². The number of nitrogens with zero attached hydrogens (tertiary/aromatic N) is 2. The number of hydrogen-bond acceptors (Lipinski definition) is 2. The summed E-state index contributed by atoms with van der Waals surface area (Å²) in [7, 11) is 0. The first-order valence-electron chi connectivity index (χ1n) is 4.92. The zero-order valence-electron chi connectivity index (χ0n) is 8.55. The molecule has 2 rings (SSSR count). The maximum absolute atomic E-state index is 10.6. The molecule has 0 bridgehead atoms. The molecule has 0 fully saturated rings. The molecular formula is C12H12N2O. The van der Waals surface area contributed by atoms with Gasteiger partial charge in [0.05, 0.1) is 11.9 Å². The van der Waals surface area contributed by atoms with Crippen LogP contribution in [0.4, 0.5) is 0 Å². The molecule has 0 atom stereocenters. The highest BCUT2D eigenvalue weighted by Crippen LogP contribution is 2.10. The number of benzene rings is 1. The van der Waals surface area contributed by atoms with Crippen molar-refractivity contribution < 1.29 is 4.79 Å². The minimum atomic E-state index is 0.668. The number of aldehydes is 1. The highest BCUT2D eigenvalue weighted by atomic mass is 16.1. The van der Waals surface area contributed by atoms with E-state index in [0.29, 0.717) is 5.56 Å². The molecular weight excluding hydrogens is 188 g/mol.